The van der Waals surface area contributed by atoms with E-state index in [0.717, 1.165) is 13.2 Å². The van der Waals surface area contributed by atoms with Gasteiger partial charge >= 0.3 is 5.97 Å². The van der Waals surface area contributed by atoms with Crippen molar-refractivity contribution in [3.05, 3.63) is 11.9 Å². The molecule has 0 aliphatic carbocycles. The second-order valence-corrected chi connectivity index (χ2v) is 4.39. The summed E-state index contributed by atoms with van der Waals surface area (Å²) in [5, 5.41) is 19.1. The molecule has 0 unspecified atom stereocenters. The van der Waals surface area contributed by atoms with Gasteiger partial charge in [0.15, 0.2) is 5.69 Å². The topological polar surface area (TPSA) is 89.3 Å². The molecule has 7 nitrogen and oxygen atoms in total. The molecule has 7 heteroatoms. The molecule has 0 fully saturated rings. The van der Waals surface area contributed by atoms with E-state index in [9.17, 15) is 4.79 Å². The maximum Gasteiger partial charge on any atom is 0.358 e. The van der Waals surface area contributed by atoms with Crippen molar-refractivity contribution in [3.8, 4) is 0 Å². The van der Waals surface area contributed by atoms with Gasteiger partial charge in [0, 0.05) is 19.7 Å². The molecule has 0 spiro atoms. The van der Waals surface area contributed by atoms with Crippen LogP contribution >= 0.6 is 0 Å². The summed E-state index contributed by atoms with van der Waals surface area (Å²) in [7, 11) is 0. The molecule has 0 saturated carbocycles. The molecular weight excluding hydrogens is 236 g/mol. The molecule has 0 aromatic carbocycles. The average Bonchev–Trinajstić information content (AvgIpc) is 2.76. The van der Waals surface area contributed by atoms with Crippen LogP contribution < -0.4 is 5.32 Å². The largest absolute Gasteiger partial charge is 0.476 e. The Morgan fingerprint density at radius 3 is 2.94 bits per heavy atom. The van der Waals surface area contributed by atoms with Crippen molar-refractivity contribution in [1.82, 2.24) is 20.3 Å². The van der Waals surface area contributed by atoms with Crippen molar-refractivity contribution in [2.75, 3.05) is 26.3 Å². The van der Waals surface area contributed by atoms with Crippen LogP contribution in [0.15, 0.2) is 6.20 Å². The lowest BCUT2D eigenvalue weighted by Gasteiger charge is -2.07. The van der Waals surface area contributed by atoms with Gasteiger partial charge in [-0.2, -0.15) is 0 Å². The summed E-state index contributed by atoms with van der Waals surface area (Å²) in [6.45, 7) is 7.73. The lowest BCUT2D eigenvalue weighted by Crippen LogP contribution is -2.24. The van der Waals surface area contributed by atoms with Gasteiger partial charge in [-0.3, -0.25) is 4.68 Å². The molecule has 1 aromatic rings. The van der Waals surface area contributed by atoms with Crippen LogP contribution in [0.4, 0.5) is 0 Å². The molecule has 0 saturated heterocycles. The monoisotopic (exact) mass is 256 g/mol. The minimum atomic E-state index is -1.06. The van der Waals surface area contributed by atoms with Crippen LogP contribution in [0, 0.1) is 5.92 Å². The van der Waals surface area contributed by atoms with E-state index in [4.69, 9.17) is 9.84 Å². The van der Waals surface area contributed by atoms with Gasteiger partial charge in [0.05, 0.1) is 19.3 Å². The minimum absolute atomic E-state index is 0.0322. The predicted molar refractivity (Wildman–Crippen MR) is 65.5 cm³/mol. The zero-order valence-electron chi connectivity index (χ0n) is 10.8. The Kier molecular flexibility index (Phi) is 6.31. The first-order valence-corrected chi connectivity index (χ1v) is 6.01. The standard InChI is InChI=1S/C11H20N4O3/c1-9(2)8-18-6-4-12-3-5-15-7-10(11(16)17)13-14-15/h7,9,12H,3-6,8H2,1-2H3,(H,16,17). The van der Waals surface area contributed by atoms with Crippen LogP contribution in [-0.4, -0.2) is 52.4 Å². The quantitative estimate of drug-likeness (QED) is 0.615. The molecule has 0 aliphatic rings. The van der Waals surface area contributed by atoms with Gasteiger partial charge < -0.3 is 15.2 Å². The fourth-order valence-electron chi connectivity index (χ4n) is 1.29. The highest BCUT2D eigenvalue weighted by molar-refractivity contribution is 5.84. The predicted octanol–water partition coefficient (Wildman–Crippen LogP) is 0.239. The Morgan fingerprint density at radius 2 is 2.33 bits per heavy atom. The van der Waals surface area contributed by atoms with Gasteiger partial charge in [-0.25, -0.2) is 4.79 Å². The van der Waals surface area contributed by atoms with Gasteiger partial charge in [-0.05, 0) is 5.92 Å². The average molecular weight is 256 g/mol. The van der Waals surface area contributed by atoms with Crippen LogP contribution in [-0.2, 0) is 11.3 Å². The molecule has 1 rings (SSSR count). The van der Waals surface area contributed by atoms with E-state index in [-0.39, 0.29) is 5.69 Å². The molecule has 0 atom stereocenters. The van der Waals surface area contributed by atoms with E-state index in [2.05, 4.69) is 29.5 Å². The molecule has 1 heterocycles. The third kappa shape index (κ3) is 5.74. The highest BCUT2D eigenvalue weighted by atomic mass is 16.5. The molecule has 102 valence electrons. The van der Waals surface area contributed by atoms with Crippen molar-refractivity contribution >= 4 is 5.97 Å². The smallest absolute Gasteiger partial charge is 0.358 e. The molecule has 18 heavy (non-hydrogen) atoms. The number of hydrogen-bond acceptors (Lipinski definition) is 5. The third-order valence-electron chi connectivity index (χ3n) is 2.15. The number of hydrogen-bond donors (Lipinski definition) is 2. The Bertz CT molecular complexity index is 365. The normalized spacial score (nSPS) is 11.1. The molecule has 0 radical (unpaired) electrons. The van der Waals surface area contributed by atoms with Crippen LogP contribution in [0.3, 0.4) is 0 Å². The van der Waals surface area contributed by atoms with Crippen molar-refractivity contribution in [1.29, 1.82) is 0 Å². The van der Waals surface area contributed by atoms with Crippen LogP contribution in [0.1, 0.15) is 24.3 Å². The van der Waals surface area contributed by atoms with E-state index in [1.807, 2.05) is 0 Å². The molecule has 0 amide bonds. The number of rotatable bonds is 9. The highest BCUT2D eigenvalue weighted by Gasteiger charge is 2.07. The second-order valence-electron chi connectivity index (χ2n) is 4.39. The zero-order valence-corrected chi connectivity index (χ0v) is 10.8. The Balaban J connectivity index is 2.05. The van der Waals surface area contributed by atoms with E-state index < -0.39 is 5.97 Å². The lowest BCUT2D eigenvalue weighted by molar-refractivity contribution is 0.0690. The molecule has 2 N–H and O–H groups in total. The van der Waals surface area contributed by atoms with Crippen molar-refractivity contribution in [2.45, 2.75) is 20.4 Å². The third-order valence-corrected chi connectivity index (χ3v) is 2.15. The number of ether oxygens (including phenoxy) is 1. The summed E-state index contributed by atoms with van der Waals surface area (Å²) in [6, 6.07) is 0. The van der Waals surface area contributed by atoms with Crippen LogP contribution in [0.5, 0.6) is 0 Å². The number of carbonyl (C=O) groups is 1. The number of nitrogens with one attached hydrogen (secondary N) is 1. The number of aromatic nitrogens is 3. The fraction of sp³-hybridized carbons (Fsp3) is 0.727. The van der Waals surface area contributed by atoms with Gasteiger partial charge in [-0.15, -0.1) is 5.10 Å². The summed E-state index contributed by atoms with van der Waals surface area (Å²) in [5.41, 5.74) is -0.0322. The molecule has 0 bridgehead atoms. The summed E-state index contributed by atoms with van der Waals surface area (Å²) >= 11 is 0. The summed E-state index contributed by atoms with van der Waals surface area (Å²) in [5.74, 6) is -0.508. The van der Waals surface area contributed by atoms with Crippen molar-refractivity contribution < 1.29 is 14.6 Å². The molecular formula is C11H20N4O3. The maximum absolute atomic E-state index is 10.6. The Labute approximate surface area is 106 Å². The van der Waals surface area contributed by atoms with Gasteiger partial charge in [0.2, 0.25) is 0 Å². The highest BCUT2D eigenvalue weighted by Crippen LogP contribution is 1.92. The lowest BCUT2D eigenvalue weighted by atomic mass is 10.2. The first-order chi connectivity index (χ1) is 8.59. The van der Waals surface area contributed by atoms with Gasteiger partial charge in [0.1, 0.15) is 0 Å². The fourth-order valence-corrected chi connectivity index (χ4v) is 1.29. The summed E-state index contributed by atoms with van der Waals surface area (Å²) < 4.78 is 6.91. The number of aromatic carboxylic acids is 1. The van der Waals surface area contributed by atoms with Crippen LogP contribution in [0.2, 0.25) is 0 Å². The van der Waals surface area contributed by atoms with Crippen molar-refractivity contribution in [3.63, 3.8) is 0 Å². The SMILES string of the molecule is CC(C)COCCNCCn1cc(C(=O)O)nn1. The molecule has 0 aliphatic heterocycles. The van der Waals surface area contributed by atoms with Gasteiger partial charge in [-0.1, -0.05) is 19.1 Å². The first kappa shape index (κ1) is 14.6. The summed E-state index contributed by atoms with van der Waals surface area (Å²) in [6.07, 6.45) is 1.42. The van der Waals surface area contributed by atoms with E-state index >= 15 is 0 Å². The first-order valence-electron chi connectivity index (χ1n) is 6.01. The van der Waals surface area contributed by atoms with Gasteiger partial charge in [0.25, 0.3) is 0 Å². The number of carboxylic acids is 1. The van der Waals surface area contributed by atoms with E-state index in [1.54, 1.807) is 0 Å². The van der Waals surface area contributed by atoms with E-state index in [0.29, 0.717) is 25.6 Å². The number of carboxylic acid groups (broad SMARTS) is 1. The maximum atomic E-state index is 10.6. The Morgan fingerprint density at radius 1 is 1.56 bits per heavy atom. The second kappa shape index (κ2) is 7.78. The summed E-state index contributed by atoms with van der Waals surface area (Å²) in [4.78, 5) is 10.6. The van der Waals surface area contributed by atoms with Crippen molar-refractivity contribution in [2.24, 2.45) is 5.92 Å². The molecule has 1 aromatic heterocycles. The zero-order chi connectivity index (χ0) is 13.4. The Hall–Kier alpha value is -1.47. The number of nitrogens with zero attached hydrogens (tertiary/aromatic N) is 3. The van der Waals surface area contributed by atoms with Crippen LogP contribution in [0.25, 0.3) is 0 Å². The minimum Gasteiger partial charge on any atom is -0.476 e. The van der Waals surface area contributed by atoms with E-state index in [1.165, 1.54) is 10.9 Å².